The fourth-order valence-electron chi connectivity index (χ4n) is 1.13. The first kappa shape index (κ1) is 11.8. The van der Waals surface area contributed by atoms with Gasteiger partial charge in [-0.1, -0.05) is 0 Å². The Morgan fingerprint density at radius 3 is 2.60 bits per heavy atom. The number of pyridine rings is 1. The Kier molecular flexibility index (Phi) is 3.18. The lowest BCUT2D eigenvalue weighted by Gasteiger charge is -2.14. The molecule has 0 aliphatic carbocycles. The van der Waals surface area contributed by atoms with Crippen molar-refractivity contribution < 1.29 is 4.79 Å². The number of nitrogen functional groups attached to an aromatic ring is 1. The number of halogens is 1. The van der Waals surface area contributed by atoms with Gasteiger partial charge in [-0.05, 0) is 35.3 Å². The summed E-state index contributed by atoms with van der Waals surface area (Å²) in [6, 6.07) is -0.711. The molecule has 15 heavy (non-hydrogen) atoms. The van der Waals surface area contributed by atoms with E-state index < -0.39 is 11.9 Å². The number of hydrogen-bond acceptors (Lipinski definition) is 3. The van der Waals surface area contributed by atoms with Gasteiger partial charge < -0.3 is 16.0 Å². The standard InChI is InChI=1S/C9H12BrN3O2/c1-4-6(11)3-13(5(2)8(12)14)9(15)7(4)10/h3,5H,11H2,1-2H3,(H2,12,14). The van der Waals surface area contributed by atoms with Crippen molar-refractivity contribution in [3.05, 3.63) is 26.6 Å². The van der Waals surface area contributed by atoms with Gasteiger partial charge in [0, 0.05) is 6.20 Å². The largest absolute Gasteiger partial charge is 0.397 e. The summed E-state index contributed by atoms with van der Waals surface area (Å²) in [7, 11) is 0. The van der Waals surface area contributed by atoms with Crippen molar-refractivity contribution in [3.63, 3.8) is 0 Å². The first-order valence-corrected chi connectivity index (χ1v) is 5.11. The van der Waals surface area contributed by atoms with Gasteiger partial charge >= 0.3 is 0 Å². The number of anilines is 1. The molecule has 0 aliphatic rings. The normalized spacial score (nSPS) is 12.5. The molecule has 1 aromatic heterocycles. The third-order valence-electron chi connectivity index (χ3n) is 2.29. The molecule has 82 valence electrons. The van der Waals surface area contributed by atoms with E-state index in [0.717, 1.165) is 0 Å². The predicted octanol–water partition coefficient (Wildman–Crippen LogP) is 0.548. The number of hydrogen-bond donors (Lipinski definition) is 2. The Balaban J connectivity index is 3.46. The summed E-state index contributed by atoms with van der Waals surface area (Å²) in [4.78, 5) is 22.7. The lowest BCUT2D eigenvalue weighted by atomic mass is 10.2. The third-order valence-corrected chi connectivity index (χ3v) is 3.23. The summed E-state index contributed by atoms with van der Waals surface area (Å²) in [5, 5.41) is 0. The summed E-state index contributed by atoms with van der Waals surface area (Å²) in [6.07, 6.45) is 1.43. The molecule has 0 aliphatic heterocycles. The van der Waals surface area contributed by atoms with Gasteiger partial charge in [0.1, 0.15) is 6.04 Å². The zero-order valence-corrected chi connectivity index (χ0v) is 10.0. The van der Waals surface area contributed by atoms with E-state index in [1.807, 2.05) is 0 Å². The van der Waals surface area contributed by atoms with Crippen LogP contribution in [0.5, 0.6) is 0 Å². The van der Waals surface area contributed by atoms with Gasteiger partial charge in [-0.3, -0.25) is 9.59 Å². The Morgan fingerprint density at radius 2 is 2.13 bits per heavy atom. The number of rotatable bonds is 2. The lowest BCUT2D eigenvalue weighted by molar-refractivity contribution is -0.120. The minimum Gasteiger partial charge on any atom is -0.397 e. The molecule has 0 bridgehead atoms. The molecule has 5 nitrogen and oxygen atoms in total. The first-order chi connectivity index (χ1) is 6.86. The van der Waals surface area contributed by atoms with E-state index in [9.17, 15) is 9.59 Å². The molecule has 4 N–H and O–H groups in total. The van der Waals surface area contributed by atoms with Crippen molar-refractivity contribution in [2.75, 3.05) is 5.73 Å². The first-order valence-electron chi connectivity index (χ1n) is 4.32. The summed E-state index contributed by atoms with van der Waals surface area (Å²) in [5.41, 5.74) is 11.6. The molecule has 0 fully saturated rings. The molecule has 0 radical (unpaired) electrons. The monoisotopic (exact) mass is 273 g/mol. The number of primary amides is 1. The van der Waals surface area contributed by atoms with E-state index in [-0.39, 0.29) is 5.56 Å². The smallest absolute Gasteiger partial charge is 0.265 e. The molecule has 6 heteroatoms. The SMILES string of the molecule is Cc1c(N)cn(C(C)C(N)=O)c(=O)c1Br. The van der Waals surface area contributed by atoms with Crippen molar-refractivity contribution in [2.45, 2.75) is 19.9 Å². The van der Waals surface area contributed by atoms with Crippen LogP contribution >= 0.6 is 15.9 Å². The Hall–Kier alpha value is -1.30. The summed E-state index contributed by atoms with van der Waals surface area (Å²) < 4.78 is 1.57. The Morgan fingerprint density at radius 1 is 1.60 bits per heavy atom. The topological polar surface area (TPSA) is 91.1 Å². The number of amides is 1. The fourth-order valence-corrected chi connectivity index (χ4v) is 1.56. The van der Waals surface area contributed by atoms with Crippen LogP contribution in [0.1, 0.15) is 18.5 Å². The van der Waals surface area contributed by atoms with Crippen LogP contribution in [0, 0.1) is 6.92 Å². The average Bonchev–Trinajstić information content (AvgIpc) is 2.19. The summed E-state index contributed by atoms with van der Waals surface area (Å²) >= 11 is 3.13. The van der Waals surface area contributed by atoms with Crippen molar-refractivity contribution in [1.82, 2.24) is 4.57 Å². The van der Waals surface area contributed by atoms with Crippen LogP contribution < -0.4 is 17.0 Å². The highest BCUT2D eigenvalue weighted by Gasteiger charge is 2.16. The predicted molar refractivity (Wildman–Crippen MR) is 61.5 cm³/mol. The van der Waals surface area contributed by atoms with Gasteiger partial charge in [0.25, 0.3) is 5.56 Å². The van der Waals surface area contributed by atoms with Crippen LogP contribution in [0.4, 0.5) is 5.69 Å². The van der Waals surface area contributed by atoms with Crippen LogP contribution in [-0.2, 0) is 4.79 Å². The molecule has 0 aromatic carbocycles. The maximum atomic E-state index is 11.7. The van der Waals surface area contributed by atoms with Crippen molar-refractivity contribution in [3.8, 4) is 0 Å². The molecule has 1 aromatic rings. The Labute approximate surface area is 95.2 Å². The van der Waals surface area contributed by atoms with E-state index in [1.54, 1.807) is 13.8 Å². The number of nitrogens with two attached hydrogens (primary N) is 2. The fraction of sp³-hybridized carbons (Fsp3) is 0.333. The molecule has 1 unspecified atom stereocenters. The highest BCUT2D eigenvalue weighted by atomic mass is 79.9. The molecule has 1 heterocycles. The molecule has 1 rings (SSSR count). The van der Waals surface area contributed by atoms with Gasteiger partial charge in [0.15, 0.2) is 0 Å². The highest BCUT2D eigenvalue weighted by Crippen LogP contribution is 2.18. The second-order valence-electron chi connectivity index (χ2n) is 3.31. The van der Waals surface area contributed by atoms with Crippen molar-refractivity contribution in [2.24, 2.45) is 5.73 Å². The molecule has 0 spiro atoms. The van der Waals surface area contributed by atoms with Crippen LogP contribution in [0.15, 0.2) is 15.5 Å². The maximum absolute atomic E-state index is 11.7. The number of carbonyl (C=O) groups is 1. The number of aromatic nitrogens is 1. The highest BCUT2D eigenvalue weighted by molar-refractivity contribution is 9.10. The maximum Gasteiger partial charge on any atom is 0.265 e. The van der Waals surface area contributed by atoms with E-state index >= 15 is 0 Å². The van der Waals surface area contributed by atoms with E-state index in [4.69, 9.17) is 11.5 Å². The number of nitrogens with zero attached hydrogens (tertiary/aromatic N) is 1. The van der Waals surface area contributed by atoms with Gasteiger partial charge in [-0.25, -0.2) is 0 Å². The van der Waals surface area contributed by atoms with Crippen LogP contribution in [0.3, 0.4) is 0 Å². The Bertz CT molecular complexity index is 467. The van der Waals surface area contributed by atoms with Gasteiger partial charge in [0.2, 0.25) is 5.91 Å². The van der Waals surface area contributed by atoms with Crippen LogP contribution in [0.25, 0.3) is 0 Å². The van der Waals surface area contributed by atoms with Crippen LogP contribution in [-0.4, -0.2) is 10.5 Å². The van der Waals surface area contributed by atoms with E-state index in [1.165, 1.54) is 10.8 Å². The second kappa shape index (κ2) is 4.06. The molecule has 1 amide bonds. The molecule has 1 atom stereocenters. The van der Waals surface area contributed by atoms with Gasteiger partial charge in [0.05, 0.1) is 10.2 Å². The zero-order valence-electron chi connectivity index (χ0n) is 8.45. The molecule has 0 saturated carbocycles. The quantitative estimate of drug-likeness (QED) is 0.824. The zero-order chi connectivity index (χ0) is 11.7. The molecular weight excluding hydrogens is 262 g/mol. The van der Waals surface area contributed by atoms with Crippen LogP contribution in [0.2, 0.25) is 0 Å². The van der Waals surface area contributed by atoms with Gasteiger partial charge in [-0.2, -0.15) is 0 Å². The summed E-state index contributed by atoms with van der Waals surface area (Å²) in [5.74, 6) is -0.577. The average molecular weight is 274 g/mol. The van der Waals surface area contributed by atoms with Crippen molar-refractivity contribution >= 4 is 27.5 Å². The van der Waals surface area contributed by atoms with Gasteiger partial charge in [-0.15, -0.1) is 0 Å². The van der Waals surface area contributed by atoms with E-state index in [0.29, 0.717) is 15.7 Å². The minimum absolute atomic E-state index is 0.312. The summed E-state index contributed by atoms with van der Waals surface area (Å²) in [6.45, 7) is 3.27. The second-order valence-corrected chi connectivity index (χ2v) is 4.11. The number of carbonyl (C=O) groups excluding carboxylic acids is 1. The molecule has 0 saturated heterocycles. The lowest BCUT2D eigenvalue weighted by Crippen LogP contribution is -2.32. The van der Waals surface area contributed by atoms with E-state index in [2.05, 4.69) is 15.9 Å². The third kappa shape index (κ3) is 2.04. The minimum atomic E-state index is -0.711. The van der Waals surface area contributed by atoms with Crippen molar-refractivity contribution in [1.29, 1.82) is 0 Å². The molecular formula is C9H12BrN3O2.